The van der Waals surface area contributed by atoms with Gasteiger partial charge >= 0.3 is 0 Å². The first-order valence-corrected chi connectivity index (χ1v) is 20.2. The van der Waals surface area contributed by atoms with Crippen LogP contribution in [0.1, 0.15) is 90.4 Å². The van der Waals surface area contributed by atoms with Gasteiger partial charge in [0.1, 0.15) is 36.3 Å². The molecule has 12 nitrogen and oxygen atoms in total. The summed E-state index contributed by atoms with van der Waals surface area (Å²) in [5.41, 5.74) is 8.01. The molecule has 0 aromatic heterocycles. The number of carbonyl (C=O) groups excluding carboxylic acids is 1. The zero-order valence-electron chi connectivity index (χ0n) is 30.8. The second-order valence-corrected chi connectivity index (χ2v) is 17.4. The molecule has 0 aliphatic carbocycles. The van der Waals surface area contributed by atoms with Crippen LogP contribution in [0.25, 0.3) is 0 Å². The molecule has 3 N–H and O–H groups in total. The maximum atomic E-state index is 14.1. The number of aliphatic hydroxyl groups is 1. The van der Waals surface area contributed by atoms with Crippen LogP contribution in [-0.4, -0.2) is 128 Å². The lowest BCUT2D eigenvalue weighted by atomic mass is 9.81. The maximum Gasteiger partial charge on any atom is 0.172 e. The van der Waals surface area contributed by atoms with Gasteiger partial charge in [0.05, 0.1) is 67.1 Å². The van der Waals surface area contributed by atoms with Crippen LogP contribution in [0.15, 0.2) is 24.3 Å². The minimum absolute atomic E-state index is 0.0158. The Kier molecular flexibility index (Phi) is 10.0. The van der Waals surface area contributed by atoms with Gasteiger partial charge in [-0.15, -0.1) is 0 Å². The first-order valence-electron chi connectivity index (χ1n) is 20.2. The second kappa shape index (κ2) is 14.3. The van der Waals surface area contributed by atoms with E-state index in [1.807, 2.05) is 0 Å². The molecule has 10 saturated heterocycles. The Bertz CT molecular complexity index is 1380. The minimum atomic E-state index is -0.780. The quantitative estimate of drug-likeness (QED) is 0.409. The minimum Gasteiger partial charge on any atom is -0.392 e. The maximum absolute atomic E-state index is 14.1. The van der Waals surface area contributed by atoms with E-state index < -0.39 is 18.0 Å². The number of nitrogens with two attached hydrogens (primary N) is 1. The molecule has 10 heterocycles. The van der Waals surface area contributed by atoms with Crippen LogP contribution in [0.5, 0.6) is 0 Å². The van der Waals surface area contributed by atoms with E-state index in [2.05, 4.69) is 20.1 Å². The average molecular weight is 730 g/mol. The van der Waals surface area contributed by atoms with E-state index in [1.54, 1.807) is 7.11 Å². The van der Waals surface area contributed by atoms with Crippen LogP contribution in [0, 0.1) is 11.8 Å². The second-order valence-electron chi connectivity index (χ2n) is 17.4. The number of aliphatic hydroxyl groups excluding tert-OH is 1. The van der Waals surface area contributed by atoms with Crippen molar-refractivity contribution in [3.63, 3.8) is 0 Å². The zero-order valence-corrected chi connectivity index (χ0v) is 30.8. The standard InChI is InChI=1S/C40H59NO11/c1-19-11-24-5-7-28-20(2)12-26(45-28)9-10-40-17-33-36(51-40)37-38(50-33)39(52-40)35-29(49-37)8-6-25(47-35)13-22(42)14-27-31(16-30(46-24)21(19)3)48-32(34(27)44-4)15-23(43)18-41/h19,23-39,43H,2-3,5-18,41H2,1,4H3/t19?,23?,24?,25?,26?,27?,28-,29?,30?,31?,32?,33?,34+,35-,36?,37-,38?,39?,40-/m0/s1. The third-order valence-electron chi connectivity index (χ3n) is 14.0. The molecule has 290 valence electrons. The van der Waals surface area contributed by atoms with Crippen LogP contribution in [0.4, 0.5) is 0 Å². The van der Waals surface area contributed by atoms with Crippen LogP contribution in [0.3, 0.4) is 0 Å². The van der Waals surface area contributed by atoms with Crippen molar-refractivity contribution in [1.29, 1.82) is 0 Å². The lowest BCUT2D eigenvalue weighted by Gasteiger charge is -2.47. The number of hydrogen-bond donors (Lipinski definition) is 2. The van der Waals surface area contributed by atoms with Gasteiger partial charge < -0.3 is 53.5 Å². The number of carbonyl (C=O) groups is 1. The van der Waals surface area contributed by atoms with Crippen LogP contribution < -0.4 is 5.73 Å². The van der Waals surface area contributed by atoms with E-state index in [0.29, 0.717) is 25.7 Å². The Labute approximate surface area is 307 Å². The van der Waals surface area contributed by atoms with Crippen molar-refractivity contribution in [1.82, 2.24) is 0 Å². The van der Waals surface area contributed by atoms with E-state index >= 15 is 0 Å². The molecule has 0 amide bonds. The Morgan fingerprint density at radius 2 is 1.56 bits per heavy atom. The molecule has 1 spiro atoms. The van der Waals surface area contributed by atoms with Gasteiger partial charge in [-0.3, -0.25) is 4.79 Å². The molecule has 14 unspecified atom stereocenters. The monoisotopic (exact) mass is 729 g/mol. The van der Waals surface area contributed by atoms with Crippen LogP contribution >= 0.6 is 0 Å². The number of methoxy groups -OCH3 is 1. The highest BCUT2D eigenvalue weighted by Gasteiger charge is 2.68. The Balaban J connectivity index is 0.994. The van der Waals surface area contributed by atoms with Crippen LogP contribution in [-0.2, 0) is 47.4 Å². The lowest BCUT2D eigenvalue weighted by Crippen LogP contribution is -2.61. The summed E-state index contributed by atoms with van der Waals surface area (Å²) in [4.78, 5) is 14.1. The summed E-state index contributed by atoms with van der Waals surface area (Å²) < 4.78 is 60.0. The number of ketones is 1. The molecule has 12 bridgehead atoms. The number of ether oxygens (including phenoxy) is 9. The molecule has 10 aliphatic heterocycles. The first-order chi connectivity index (χ1) is 25.1. The molecule has 12 heteroatoms. The van der Waals surface area contributed by atoms with Crippen molar-refractivity contribution in [3.05, 3.63) is 24.3 Å². The van der Waals surface area contributed by atoms with E-state index in [9.17, 15) is 9.90 Å². The van der Waals surface area contributed by atoms with Gasteiger partial charge in [0.2, 0.25) is 0 Å². The van der Waals surface area contributed by atoms with Crippen molar-refractivity contribution < 1.29 is 52.5 Å². The third kappa shape index (κ3) is 6.59. The molecule has 0 aromatic rings. The van der Waals surface area contributed by atoms with Crippen molar-refractivity contribution >= 4 is 5.78 Å². The summed E-state index contributed by atoms with van der Waals surface area (Å²) in [5, 5.41) is 10.5. The molecule has 10 aliphatic rings. The Morgan fingerprint density at radius 3 is 2.38 bits per heavy atom. The highest BCUT2D eigenvalue weighted by atomic mass is 16.8. The van der Waals surface area contributed by atoms with E-state index in [4.69, 9.17) is 48.4 Å². The van der Waals surface area contributed by atoms with Gasteiger partial charge in [-0.05, 0) is 62.0 Å². The number of rotatable bonds is 4. The third-order valence-corrected chi connectivity index (χ3v) is 14.0. The molecule has 10 rings (SSSR count). The number of hydrogen-bond acceptors (Lipinski definition) is 12. The average Bonchev–Trinajstić information content (AvgIpc) is 3.79. The number of Topliss-reactive ketones (excluding diaryl/α,β-unsaturated/α-hetero) is 1. The summed E-state index contributed by atoms with van der Waals surface area (Å²) in [6.45, 7) is 11.3. The van der Waals surface area contributed by atoms with Crippen molar-refractivity contribution in [2.24, 2.45) is 17.6 Å². The molecule has 0 radical (unpaired) electrons. The molecule has 0 aromatic carbocycles. The van der Waals surface area contributed by atoms with Gasteiger partial charge in [-0.1, -0.05) is 20.1 Å². The highest BCUT2D eigenvalue weighted by Crippen LogP contribution is 2.54. The fourth-order valence-electron chi connectivity index (χ4n) is 11.3. The SMILES string of the molecule is C=C1C(C)CC2CC[C@@H]3OC(CC[C@@]45CC6OC7C(O4)[C@H]4OC(CCC4O[C@H]7C6O5)CC(=O)CC4C(CC1O2)OC(CC(O)CN)[C@@H]4OC)CC3=C. The van der Waals surface area contributed by atoms with E-state index in [0.717, 1.165) is 56.1 Å². The lowest BCUT2D eigenvalue weighted by molar-refractivity contribution is -0.292. The smallest absolute Gasteiger partial charge is 0.172 e. The predicted octanol–water partition coefficient (Wildman–Crippen LogP) is 3.44. The fourth-order valence-corrected chi connectivity index (χ4v) is 11.3. The Morgan fingerprint density at radius 1 is 0.808 bits per heavy atom. The molecular weight excluding hydrogens is 670 g/mol. The summed E-state index contributed by atoms with van der Waals surface area (Å²) in [7, 11) is 1.66. The van der Waals surface area contributed by atoms with E-state index in [-0.39, 0.29) is 122 Å². The summed E-state index contributed by atoms with van der Waals surface area (Å²) in [6, 6.07) is 0. The Hall–Kier alpha value is -1.29. The van der Waals surface area contributed by atoms with Gasteiger partial charge in [0, 0.05) is 58.1 Å². The van der Waals surface area contributed by atoms with Gasteiger partial charge in [0.25, 0.3) is 0 Å². The van der Waals surface area contributed by atoms with Crippen LogP contribution in [0.2, 0.25) is 0 Å². The normalized spacial score (nSPS) is 52.4. The zero-order chi connectivity index (χ0) is 35.9. The van der Waals surface area contributed by atoms with Crippen molar-refractivity contribution in [2.75, 3.05) is 13.7 Å². The van der Waals surface area contributed by atoms with Gasteiger partial charge in [-0.2, -0.15) is 0 Å². The van der Waals surface area contributed by atoms with E-state index in [1.165, 1.54) is 0 Å². The van der Waals surface area contributed by atoms with Gasteiger partial charge in [0.15, 0.2) is 5.79 Å². The molecule has 10 fully saturated rings. The molecule has 52 heavy (non-hydrogen) atoms. The molecule has 0 saturated carbocycles. The van der Waals surface area contributed by atoms with Crippen molar-refractivity contribution in [3.8, 4) is 0 Å². The summed E-state index contributed by atoms with van der Waals surface area (Å²) in [6.07, 6.45) is 4.85. The van der Waals surface area contributed by atoms with Gasteiger partial charge in [-0.25, -0.2) is 0 Å². The largest absolute Gasteiger partial charge is 0.392 e. The summed E-state index contributed by atoms with van der Waals surface area (Å²) >= 11 is 0. The first kappa shape index (κ1) is 36.4. The molecular formula is C40H59NO11. The fraction of sp³-hybridized carbons (Fsp3) is 0.875. The number of fused-ring (bicyclic) bond motifs is 6. The topological polar surface area (TPSA) is 146 Å². The predicted molar refractivity (Wildman–Crippen MR) is 186 cm³/mol. The molecule has 19 atom stereocenters. The highest BCUT2D eigenvalue weighted by molar-refractivity contribution is 5.79. The van der Waals surface area contributed by atoms with Crippen molar-refractivity contribution in [2.45, 2.75) is 194 Å². The summed E-state index contributed by atoms with van der Waals surface area (Å²) in [5.74, 6) is -0.619.